The largest absolute Gasteiger partial charge is 0.497 e. The van der Waals surface area contributed by atoms with E-state index in [1.165, 1.54) is 12.1 Å². The minimum absolute atomic E-state index is 0.00423. The molecular formula is C21H24FN3O2. The maximum atomic E-state index is 14.1. The summed E-state index contributed by atoms with van der Waals surface area (Å²) in [5.41, 5.74) is 1.58. The monoisotopic (exact) mass is 369 g/mol. The van der Waals surface area contributed by atoms with Gasteiger partial charge in [-0.2, -0.15) is 0 Å². The third kappa shape index (κ3) is 3.24. The van der Waals surface area contributed by atoms with Crippen LogP contribution < -0.4 is 15.0 Å². The fourth-order valence-corrected chi connectivity index (χ4v) is 4.31. The minimum atomic E-state index is -0.306. The average Bonchev–Trinajstić information content (AvgIpc) is 3.48. The number of aromatic nitrogens is 1. The van der Waals surface area contributed by atoms with E-state index < -0.39 is 0 Å². The van der Waals surface area contributed by atoms with Crippen LogP contribution in [0.2, 0.25) is 0 Å². The molecule has 1 saturated carbocycles. The van der Waals surface area contributed by atoms with E-state index in [4.69, 9.17) is 4.74 Å². The number of halogens is 1. The molecule has 2 heterocycles. The van der Waals surface area contributed by atoms with Gasteiger partial charge in [-0.15, -0.1) is 0 Å². The lowest BCUT2D eigenvalue weighted by molar-refractivity contribution is -0.117. The lowest BCUT2D eigenvalue weighted by atomic mass is 9.80. The van der Waals surface area contributed by atoms with Gasteiger partial charge >= 0.3 is 0 Å². The first-order valence-electron chi connectivity index (χ1n) is 9.35. The van der Waals surface area contributed by atoms with Crippen molar-refractivity contribution in [2.24, 2.45) is 11.8 Å². The molecule has 0 radical (unpaired) electrons. The van der Waals surface area contributed by atoms with Crippen LogP contribution >= 0.6 is 0 Å². The van der Waals surface area contributed by atoms with E-state index in [1.54, 1.807) is 32.4 Å². The van der Waals surface area contributed by atoms with Crippen LogP contribution in [0.4, 0.5) is 15.9 Å². The number of methoxy groups -OCH3 is 1. The third-order valence-electron chi connectivity index (χ3n) is 5.66. The van der Waals surface area contributed by atoms with Gasteiger partial charge in [0.25, 0.3) is 0 Å². The van der Waals surface area contributed by atoms with Gasteiger partial charge in [0.1, 0.15) is 17.4 Å². The van der Waals surface area contributed by atoms with Crippen LogP contribution in [0.25, 0.3) is 0 Å². The van der Waals surface area contributed by atoms with E-state index in [-0.39, 0.29) is 29.7 Å². The summed E-state index contributed by atoms with van der Waals surface area (Å²) < 4.78 is 19.4. The molecule has 6 heteroatoms. The summed E-state index contributed by atoms with van der Waals surface area (Å²) in [6.45, 7) is 3.72. The molecule has 0 saturated heterocycles. The number of pyridine rings is 1. The molecule has 1 aromatic carbocycles. The summed E-state index contributed by atoms with van der Waals surface area (Å²) in [4.78, 5) is 18.7. The number of ether oxygens (including phenoxy) is 1. The van der Waals surface area contributed by atoms with Crippen LogP contribution in [0.3, 0.4) is 0 Å². The summed E-state index contributed by atoms with van der Waals surface area (Å²) in [5.74, 6) is 1.68. The lowest BCUT2D eigenvalue weighted by Crippen LogP contribution is -2.51. The van der Waals surface area contributed by atoms with Crippen molar-refractivity contribution in [1.29, 1.82) is 0 Å². The molecule has 27 heavy (non-hydrogen) atoms. The number of nitrogens with zero attached hydrogens (tertiary/aromatic N) is 2. The number of nitrogens with one attached hydrogen (secondary N) is 1. The maximum absolute atomic E-state index is 14.1. The summed E-state index contributed by atoms with van der Waals surface area (Å²) in [5, 5.41) is 3.47. The van der Waals surface area contributed by atoms with E-state index in [9.17, 15) is 9.18 Å². The first-order valence-corrected chi connectivity index (χ1v) is 9.35. The standard InChI is InChI=1S/C21H24FN3O2/c1-12-20(24-19-11-16(27-3)8-9-23-19)17-10-15(22)6-7-18(17)25(13(2)26)21(12)14-4-5-14/h6-12,14,20-21H,4-5H2,1-3H3,(H,23,24)/t12-,20-,21?/m1/s1. The Kier molecular flexibility index (Phi) is 4.50. The molecule has 2 aliphatic rings. The number of fused-ring (bicyclic) bond motifs is 1. The van der Waals surface area contributed by atoms with Crippen molar-refractivity contribution in [2.45, 2.75) is 38.8 Å². The topological polar surface area (TPSA) is 54.5 Å². The van der Waals surface area contributed by atoms with Crippen LogP contribution in [-0.2, 0) is 4.79 Å². The Morgan fingerprint density at radius 3 is 2.74 bits per heavy atom. The molecule has 5 nitrogen and oxygen atoms in total. The average molecular weight is 369 g/mol. The molecule has 0 bridgehead atoms. The molecule has 1 fully saturated rings. The normalized spacial score (nSPS) is 24.3. The van der Waals surface area contributed by atoms with Gasteiger partial charge in [0, 0.05) is 42.4 Å². The first kappa shape index (κ1) is 17.8. The quantitative estimate of drug-likeness (QED) is 0.879. The number of rotatable bonds is 4. The van der Waals surface area contributed by atoms with Crippen LogP contribution in [0.1, 0.15) is 38.3 Å². The maximum Gasteiger partial charge on any atom is 0.224 e. The molecule has 2 aromatic rings. The number of hydrogen-bond donors (Lipinski definition) is 1. The van der Waals surface area contributed by atoms with Crippen molar-refractivity contribution in [2.75, 3.05) is 17.3 Å². The van der Waals surface area contributed by atoms with Gasteiger partial charge in [0.15, 0.2) is 0 Å². The van der Waals surface area contributed by atoms with Crippen molar-refractivity contribution in [3.63, 3.8) is 0 Å². The van der Waals surface area contributed by atoms with Gasteiger partial charge in [0.05, 0.1) is 13.2 Å². The SMILES string of the molecule is COc1ccnc(N[C@H]2c3cc(F)ccc3N(C(C)=O)C(C3CC3)[C@@H]2C)c1. The molecule has 4 rings (SSSR count). The second-order valence-corrected chi connectivity index (χ2v) is 7.48. The smallest absolute Gasteiger partial charge is 0.224 e. The molecule has 1 aromatic heterocycles. The van der Waals surface area contributed by atoms with E-state index >= 15 is 0 Å². The molecule has 1 aliphatic heterocycles. The summed E-state index contributed by atoms with van der Waals surface area (Å²) in [6.07, 6.45) is 3.93. The highest BCUT2D eigenvalue weighted by molar-refractivity contribution is 5.94. The van der Waals surface area contributed by atoms with E-state index in [0.717, 1.165) is 24.1 Å². The summed E-state index contributed by atoms with van der Waals surface area (Å²) in [6, 6.07) is 8.25. The molecule has 1 amide bonds. The van der Waals surface area contributed by atoms with Crippen molar-refractivity contribution in [1.82, 2.24) is 4.98 Å². The van der Waals surface area contributed by atoms with Crippen molar-refractivity contribution in [3.05, 3.63) is 47.9 Å². The zero-order valence-electron chi connectivity index (χ0n) is 15.8. The number of anilines is 2. The third-order valence-corrected chi connectivity index (χ3v) is 5.66. The first-order chi connectivity index (χ1) is 13.0. The zero-order valence-corrected chi connectivity index (χ0v) is 15.8. The molecule has 0 spiro atoms. The van der Waals surface area contributed by atoms with Gasteiger partial charge in [-0.25, -0.2) is 9.37 Å². The zero-order chi connectivity index (χ0) is 19.1. The highest BCUT2D eigenvalue weighted by Gasteiger charge is 2.47. The van der Waals surface area contributed by atoms with Crippen molar-refractivity contribution < 1.29 is 13.9 Å². The van der Waals surface area contributed by atoms with Gasteiger partial charge in [-0.3, -0.25) is 4.79 Å². The predicted octanol–water partition coefficient (Wildman–Crippen LogP) is 4.16. The fourth-order valence-electron chi connectivity index (χ4n) is 4.31. The number of carbonyl (C=O) groups is 1. The molecular weight excluding hydrogens is 345 g/mol. The molecule has 1 aliphatic carbocycles. The molecule has 142 valence electrons. The Morgan fingerprint density at radius 2 is 2.07 bits per heavy atom. The van der Waals surface area contributed by atoms with Gasteiger partial charge in [0.2, 0.25) is 5.91 Å². The second kappa shape index (κ2) is 6.83. The van der Waals surface area contributed by atoms with Crippen LogP contribution in [0.15, 0.2) is 36.5 Å². The number of hydrogen-bond acceptors (Lipinski definition) is 4. The molecule has 1 unspecified atom stereocenters. The van der Waals surface area contributed by atoms with Crippen LogP contribution in [0, 0.1) is 17.7 Å². The van der Waals surface area contributed by atoms with E-state index in [2.05, 4.69) is 17.2 Å². The second-order valence-electron chi connectivity index (χ2n) is 7.48. The van der Waals surface area contributed by atoms with Gasteiger partial charge in [-0.1, -0.05) is 6.92 Å². The molecule has 1 N–H and O–H groups in total. The van der Waals surface area contributed by atoms with E-state index in [0.29, 0.717) is 17.5 Å². The fraction of sp³-hybridized carbons (Fsp3) is 0.429. The highest BCUT2D eigenvalue weighted by atomic mass is 19.1. The number of benzene rings is 1. The summed E-state index contributed by atoms with van der Waals surface area (Å²) >= 11 is 0. The Bertz CT molecular complexity index is 868. The van der Waals surface area contributed by atoms with Gasteiger partial charge < -0.3 is 15.0 Å². The Hall–Kier alpha value is -2.63. The Balaban J connectivity index is 1.78. The van der Waals surface area contributed by atoms with Crippen LogP contribution in [-0.4, -0.2) is 24.0 Å². The number of amides is 1. The van der Waals surface area contributed by atoms with Crippen molar-refractivity contribution in [3.8, 4) is 5.75 Å². The predicted molar refractivity (Wildman–Crippen MR) is 102 cm³/mol. The molecule has 3 atom stereocenters. The minimum Gasteiger partial charge on any atom is -0.497 e. The van der Waals surface area contributed by atoms with Gasteiger partial charge in [-0.05, 0) is 43.0 Å². The highest BCUT2D eigenvalue weighted by Crippen LogP contribution is 2.50. The van der Waals surface area contributed by atoms with Crippen LogP contribution in [0.5, 0.6) is 5.75 Å². The number of carbonyl (C=O) groups excluding carboxylic acids is 1. The summed E-state index contributed by atoms with van der Waals surface area (Å²) in [7, 11) is 1.61. The van der Waals surface area contributed by atoms with Crippen molar-refractivity contribution >= 4 is 17.4 Å². The lowest BCUT2D eigenvalue weighted by Gasteiger charge is -2.45. The Labute approximate surface area is 158 Å². The van der Waals surface area contributed by atoms with E-state index in [1.807, 2.05) is 11.0 Å². The Morgan fingerprint density at radius 1 is 1.30 bits per heavy atom.